The van der Waals surface area contributed by atoms with Crippen molar-refractivity contribution in [2.24, 2.45) is 0 Å². The van der Waals surface area contributed by atoms with Gasteiger partial charge in [0.1, 0.15) is 24.3 Å². The fourth-order valence-electron chi connectivity index (χ4n) is 5.30. The number of hydrogen-bond donors (Lipinski definition) is 1. The molecule has 13 heteroatoms. The van der Waals surface area contributed by atoms with Crippen LogP contribution in [0.15, 0.2) is 48.7 Å². The molecule has 3 aliphatic rings. The minimum atomic E-state index is -4.52. The summed E-state index contributed by atoms with van der Waals surface area (Å²) in [4.78, 5) is 26.1. The Morgan fingerprint density at radius 2 is 2.07 bits per heavy atom. The molecule has 9 nitrogen and oxygen atoms in total. The number of ether oxygens (including phenoxy) is 3. The Hall–Kier alpha value is -3.61. The number of amides is 2. The first-order valence-electron chi connectivity index (χ1n) is 13.1. The first-order valence-corrected chi connectivity index (χ1v) is 13.5. The highest BCUT2D eigenvalue weighted by Gasteiger charge is 2.41. The number of hydrogen-bond acceptors (Lipinski definition) is 7. The van der Waals surface area contributed by atoms with Gasteiger partial charge in [-0.15, -0.1) is 0 Å². The van der Waals surface area contributed by atoms with Gasteiger partial charge in [-0.05, 0) is 44.5 Å². The van der Waals surface area contributed by atoms with Crippen LogP contribution in [0.25, 0.3) is 11.3 Å². The Morgan fingerprint density at radius 1 is 1.24 bits per heavy atom. The Morgan fingerprint density at radius 3 is 2.83 bits per heavy atom. The number of carbonyl (C=O) groups is 1. The van der Waals surface area contributed by atoms with Crippen LogP contribution in [-0.2, 0) is 15.7 Å². The third-order valence-corrected chi connectivity index (χ3v) is 7.47. The topological polar surface area (TPSA) is 89.1 Å². The molecule has 3 aromatic rings. The van der Waals surface area contributed by atoms with E-state index in [4.69, 9.17) is 25.8 Å². The molecule has 0 unspecified atom stereocenters. The molecular formula is C28H27ClF3N5O4. The van der Waals surface area contributed by atoms with Gasteiger partial charge < -0.3 is 19.1 Å². The lowest BCUT2D eigenvalue weighted by atomic mass is 10.1. The average molecular weight is 590 g/mol. The third-order valence-electron chi connectivity index (χ3n) is 7.19. The van der Waals surface area contributed by atoms with Gasteiger partial charge in [-0.1, -0.05) is 23.7 Å². The maximum Gasteiger partial charge on any atom is 0.416 e. The van der Waals surface area contributed by atoms with Crippen molar-refractivity contribution in [1.82, 2.24) is 9.97 Å². The summed E-state index contributed by atoms with van der Waals surface area (Å²) in [5.41, 5.74) is 0.188. The molecule has 2 fully saturated rings. The zero-order chi connectivity index (χ0) is 28.9. The fourth-order valence-corrected chi connectivity index (χ4v) is 5.56. The van der Waals surface area contributed by atoms with Crippen LogP contribution in [0.5, 0.6) is 5.75 Å². The van der Waals surface area contributed by atoms with Crippen LogP contribution in [0.3, 0.4) is 0 Å². The van der Waals surface area contributed by atoms with E-state index in [1.807, 2.05) is 13.8 Å². The van der Waals surface area contributed by atoms with Gasteiger partial charge in [0, 0.05) is 30.9 Å². The quantitative estimate of drug-likeness (QED) is 0.392. The van der Waals surface area contributed by atoms with Crippen molar-refractivity contribution in [3.05, 3.63) is 59.2 Å². The Labute approximate surface area is 239 Å². The molecule has 1 N–H and O–H groups in total. The smallest absolute Gasteiger partial charge is 0.416 e. The summed E-state index contributed by atoms with van der Waals surface area (Å²) in [7, 11) is 0. The van der Waals surface area contributed by atoms with Gasteiger partial charge >= 0.3 is 12.2 Å². The number of alkyl halides is 3. The number of fused-ring (bicyclic) bond motifs is 4. The number of urea groups is 1. The summed E-state index contributed by atoms with van der Waals surface area (Å²) >= 11 is 6.53. The molecule has 1 aromatic carbocycles. The maximum absolute atomic E-state index is 13.6. The van der Waals surface area contributed by atoms with Gasteiger partial charge in [-0.3, -0.25) is 10.2 Å². The van der Waals surface area contributed by atoms with Crippen molar-refractivity contribution >= 4 is 35.0 Å². The summed E-state index contributed by atoms with van der Waals surface area (Å²) in [6, 6.07) is 9.08. The molecule has 2 amide bonds. The van der Waals surface area contributed by atoms with Crippen LogP contribution in [-0.4, -0.2) is 60.2 Å². The molecule has 41 heavy (non-hydrogen) atoms. The normalized spacial score (nSPS) is 21.1. The number of pyridine rings is 2. The average Bonchev–Trinajstić information content (AvgIpc) is 3.50. The van der Waals surface area contributed by atoms with Gasteiger partial charge in [0.15, 0.2) is 11.6 Å². The largest absolute Gasteiger partial charge is 0.491 e. The lowest BCUT2D eigenvalue weighted by Gasteiger charge is -2.36. The number of anilines is 3. The lowest BCUT2D eigenvalue weighted by molar-refractivity contribution is -0.141. The van der Waals surface area contributed by atoms with Crippen LogP contribution in [0.1, 0.15) is 25.8 Å². The first-order chi connectivity index (χ1) is 19.5. The molecule has 2 saturated heterocycles. The predicted octanol–water partition coefficient (Wildman–Crippen LogP) is 5.98. The number of carbonyl (C=O) groups excluding carboxylic acids is 1. The predicted molar refractivity (Wildman–Crippen MR) is 146 cm³/mol. The van der Waals surface area contributed by atoms with Crippen LogP contribution < -0.4 is 19.9 Å². The Kier molecular flexibility index (Phi) is 6.95. The summed E-state index contributed by atoms with van der Waals surface area (Å²) in [5, 5.41) is 3.01. The monoisotopic (exact) mass is 589 g/mol. The molecule has 2 atom stereocenters. The molecule has 0 radical (unpaired) electrons. The van der Waals surface area contributed by atoms with Crippen LogP contribution in [0.4, 0.5) is 35.3 Å². The number of nitrogens with zero attached hydrogens (tertiary/aromatic N) is 4. The summed E-state index contributed by atoms with van der Waals surface area (Å²) in [6.45, 7) is 5.61. The van der Waals surface area contributed by atoms with E-state index in [0.717, 1.165) is 12.1 Å². The summed E-state index contributed by atoms with van der Waals surface area (Å²) in [5.74, 6) is 0.420. The van der Waals surface area contributed by atoms with E-state index in [2.05, 4.69) is 20.2 Å². The van der Waals surface area contributed by atoms with E-state index in [1.165, 1.54) is 23.2 Å². The molecule has 6 rings (SSSR count). The minimum absolute atomic E-state index is 0.159. The maximum atomic E-state index is 13.6. The first kappa shape index (κ1) is 27.6. The van der Waals surface area contributed by atoms with Crippen molar-refractivity contribution < 1.29 is 32.2 Å². The van der Waals surface area contributed by atoms with E-state index < -0.39 is 23.6 Å². The van der Waals surface area contributed by atoms with E-state index in [0.29, 0.717) is 43.4 Å². The lowest BCUT2D eigenvalue weighted by Crippen LogP contribution is -2.48. The number of nitrogens with one attached hydrogen (secondary N) is 1. The minimum Gasteiger partial charge on any atom is -0.491 e. The zero-order valence-corrected chi connectivity index (χ0v) is 23.0. The van der Waals surface area contributed by atoms with Crippen molar-refractivity contribution in [2.75, 3.05) is 41.4 Å². The van der Waals surface area contributed by atoms with Crippen LogP contribution in [0, 0.1) is 0 Å². The molecule has 0 aliphatic carbocycles. The molecule has 0 spiro atoms. The van der Waals surface area contributed by atoms with Gasteiger partial charge in [-0.25, -0.2) is 14.8 Å². The Bertz CT molecular complexity index is 1490. The highest BCUT2D eigenvalue weighted by molar-refractivity contribution is 6.33. The van der Waals surface area contributed by atoms with Gasteiger partial charge in [0.2, 0.25) is 0 Å². The molecular weight excluding hydrogens is 563 g/mol. The number of halogens is 4. The molecule has 2 bridgehead atoms. The van der Waals surface area contributed by atoms with E-state index in [1.54, 1.807) is 18.2 Å². The fraction of sp³-hybridized carbons (Fsp3) is 0.393. The number of aromatic nitrogens is 2. The number of rotatable bonds is 5. The van der Waals surface area contributed by atoms with Crippen molar-refractivity contribution in [1.29, 1.82) is 0 Å². The highest BCUT2D eigenvalue weighted by Crippen LogP contribution is 2.44. The summed E-state index contributed by atoms with van der Waals surface area (Å²) < 4.78 is 57.3. The van der Waals surface area contributed by atoms with Crippen molar-refractivity contribution in [2.45, 2.75) is 44.4 Å². The molecule has 5 heterocycles. The molecule has 2 aromatic heterocycles. The van der Waals surface area contributed by atoms with Gasteiger partial charge in [0.25, 0.3) is 0 Å². The Balaban J connectivity index is 1.25. The van der Waals surface area contributed by atoms with E-state index in [9.17, 15) is 18.0 Å². The molecule has 216 valence electrons. The van der Waals surface area contributed by atoms with Gasteiger partial charge in [0.05, 0.1) is 34.6 Å². The van der Waals surface area contributed by atoms with Crippen LogP contribution in [0.2, 0.25) is 5.02 Å². The second-order valence-corrected chi connectivity index (χ2v) is 11.0. The zero-order valence-electron chi connectivity index (χ0n) is 22.2. The second kappa shape index (κ2) is 10.3. The summed E-state index contributed by atoms with van der Waals surface area (Å²) in [6.07, 6.45) is -2.54. The number of benzene rings is 1. The standard InChI is InChI=1S/C28H27ClF3N5O4/c1-27(2)40-15-20(41-27)14-39-19-6-8-33-23(11-19)34-26(38)37-18-7-9-36(13-18)22-12-21(29)24(35-25(22)37)16-4-3-5-17(10-16)28(30,31)32/h3-6,8,10-12,18,20H,7,9,13-15H2,1-2H3,(H,33,34,38)/t18-,20+/m0/s1. The van der Waals surface area contributed by atoms with Crippen LogP contribution >= 0.6 is 11.6 Å². The molecule has 3 aliphatic heterocycles. The van der Waals surface area contributed by atoms with Gasteiger partial charge in [-0.2, -0.15) is 13.2 Å². The van der Waals surface area contributed by atoms with Crippen molar-refractivity contribution in [3.63, 3.8) is 0 Å². The third kappa shape index (κ3) is 5.64. The van der Waals surface area contributed by atoms with E-state index in [-0.39, 0.29) is 40.9 Å². The van der Waals surface area contributed by atoms with E-state index >= 15 is 0 Å². The SMILES string of the molecule is CC1(C)OC[C@@H](COc2ccnc(NC(=O)N3c4nc(-c5cccc(C(F)(F)F)c5)c(Cl)cc4N4CC[C@H]3C4)c2)O1. The highest BCUT2D eigenvalue weighted by atomic mass is 35.5. The second-order valence-electron chi connectivity index (χ2n) is 10.6. The molecule has 0 saturated carbocycles. The van der Waals surface area contributed by atoms with Crippen molar-refractivity contribution in [3.8, 4) is 17.0 Å².